The summed E-state index contributed by atoms with van der Waals surface area (Å²) in [5.41, 5.74) is 2.62. The monoisotopic (exact) mass is 431 g/mol. The lowest BCUT2D eigenvalue weighted by Crippen LogP contribution is -2.63. The molecule has 2 heterocycles. The Morgan fingerprint density at radius 3 is 2.19 bits per heavy atom. The van der Waals surface area contributed by atoms with Crippen LogP contribution in [-0.2, 0) is 10.2 Å². The van der Waals surface area contributed by atoms with Crippen molar-refractivity contribution in [3.05, 3.63) is 89.4 Å². The summed E-state index contributed by atoms with van der Waals surface area (Å²) in [7, 11) is 0. The van der Waals surface area contributed by atoms with E-state index in [4.69, 9.17) is 10.2 Å². The molecule has 0 saturated carbocycles. The summed E-state index contributed by atoms with van der Waals surface area (Å²) in [5.74, 6) is -4.45. The van der Waals surface area contributed by atoms with Gasteiger partial charge in [-0.3, -0.25) is 4.79 Å². The van der Waals surface area contributed by atoms with Gasteiger partial charge in [0.05, 0.1) is 29.3 Å². The first-order chi connectivity index (χ1) is 14.6. The van der Waals surface area contributed by atoms with Gasteiger partial charge in [0.2, 0.25) is 5.91 Å². The fourth-order valence-electron chi connectivity index (χ4n) is 4.01. The molecule has 2 unspecified atom stereocenters. The van der Waals surface area contributed by atoms with Crippen LogP contribution in [0.4, 0.5) is 23.2 Å². The van der Waals surface area contributed by atoms with Crippen LogP contribution in [0.5, 0.6) is 0 Å². The van der Waals surface area contributed by atoms with Crippen molar-refractivity contribution in [2.24, 2.45) is 10.8 Å². The molecule has 1 aliphatic rings. The summed E-state index contributed by atoms with van der Waals surface area (Å²) < 4.78 is 61.8. The fraction of sp³-hybridized carbons (Fsp3) is 0.182. The number of hydrogen-bond donors (Lipinski definition) is 1. The van der Waals surface area contributed by atoms with Gasteiger partial charge in [-0.1, -0.05) is 0 Å². The Hall–Kier alpha value is -3.62. The third kappa shape index (κ3) is 2.83. The van der Waals surface area contributed by atoms with Crippen molar-refractivity contribution in [3.8, 4) is 0 Å². The molecule has 2 atom stereocenters. The largest absolute Gasteiger partial charge is 0.472 e. The Morgan fingerprint density at radius 2 is 1.65 bits per heavy atom. The standard InChI is InChI=1S/C22H17F4N3O2/c1-21(12-7-8-31-11-12)19(15-5-3-13(23)9-16(15)25)28-29(22(21,2)20(27)30)18-6-4-14(24)10-17(18)26/h3-11H,1-2H3,(H2,27,30). The van der Waals surface area contributed by atoms with Crippen molar-refractivity contribution < 1.29 is 26.8 Å². The van der Waals surface area contributed by atoms with E-state index in [9.17, 15) is 22.4 Å². The van der Waals surface area contributed by atoms with Crippen LogP contribution >= 0.6 is 0 Å². The van der Waals surface area contributed by atoms with Crippen LogP contribution in [-0.4, -0.2) is 17.2 Å². The van der Waals surface area contributed by atoms with Crippen molar-refractivity contribution in [1.29, 1.82) is 0 Å². The number of furan rings is 1. The first-order valence-electron chi connectivity index (χ1n) is 9.23. The molecule has 2 N–H and O–H groups in total. The van der Waals surface area contributed by atoms with E-state index in [1.165, 1.54) is 25.5 Å². The number of anilines is 1. The molecule has 4 rings (SSSR count). The van der Waals surface area contributed by atoms with E-state index in [0.717, 1.165) is 23.2 Å². The third-order valence-corrected chi connectivity index (χ3v) is 5.97. The SMILES string of the molecule is CC1(c2ccoc2)C(c2ccc(F)cc2F)=NN(c2ccc(F)cc2F)C1(C)C(N)=O. The van der Waals surface area contributed by atoms with Crippen LogP contribution in [0, 0.1) is 23.3 Å². The minimum atomic E-state index is -1.77. The minimum absolute atomic E-state index is 0.00331. The maximum absolute atomic E-state index is 14.8. The quantitative estimate of drug-likeness (QED) is 0.628. The van der Waals surface area contributed by atoms with E-state index in [1.807, 2.05) is 0 Å². The Morgan fingerprint density at radius 1 is 1.00 bits per heavy atom. The van der Waals surface area contributed by atoms with E-state index in [-0.39, 0.29) is 17.0 Å². The second-order valence-corrected chi connectivity index (χ2v) is 7.55. The van der Waals surface area contributed by atoms with E-state index in [1.54, 1.807) is 13.0 Å². The van der Waals surface area contributed by atoms with Gasteiger partial charge < -0.3 is 10.2 Å². The fourth-order valence-corrected chi connectivity index (χ4v) is 4.01. The molecule has 1 amide bonds. The Labute approximate surface area is 174 Å². The molecule has 31 heavy (non-hydrogen) atoms. The van der Waals surface area contributed by atoms with Crippen molar-refractivity contribution in [1.82, 2.24) is 0 Å². The first kappa shape index (κ1) is 20.6. The van der Waals surface area contributed by atoms with E-state index >= 15 is 0 Å². The van der Waals surface area contributed by atoms with Gasteiger partial charge in [-0.25, -0.2) is 22.6 Å². The number of carbonyl (C=O) groups is 1. The molecule has 1 aliphatic heterocycles. The summed E-state index contributed by atoms with van der Waals surface area (Å²) in [5, 5.41) is 5.38. The van der Waals surface area contributed by atoms with Crippen molar-refractivity contribution in [3.63, 3.8) is 0 Å². The highest BCUT2D eigenvalue weighted by Crippen LogP contribution is 2.50. The zero-order valence-electron chi connectivity index (χ0n) is 16.5. The van der Waals surface area contributed by atoms with Crippen LogP contribution in [0.2, 0.25) is 0 Å². The first-order valence-corrected chi connectivity index (χ1v) is 9.23. The number of carbonyl (C=O) groups excluding carboxylic acids is 1. The Balaban J connectivity index is 2.06. The molecule has 0 radical (unpaired) electrons. The number of nitrogens with zero attached hydrogens (tertiary/aromatic N) is 2. The summed E-state index contributed by atoms with van der Waals surface area (Å²) in [6.45, 7) is 2.99. The lowest BCUT2D eigenvalue weighted by Gasteiger charge is -2.42. The highest BCUT2D eigenvalue weighted by molar-refractivity contribution is 6.16. The second kappa shape index (κ2) is 6.97. The summed E-state index contributed by atoms with van der Waals surface area (Å²) in [6.07, 6.45) is 2.68. The molecular weight excluding hydrogens is 414 g/mol. The highest BCUT2D eigenvalue weighted by Gasteiger charge is 2.63. The number of hydrogen-bond acceptors (Lipinski definition) is 4. The van der Waals surface area contributed by atoms with Crippen molar-refractivity contribution >= 4 is 17.3 Å². The smallest absolute Gasteiger partial charge is 0.246 e. The molecular formula is C22H17F4N3O2. The van der Waals surface area contributed by atoms with Gasteiger partial charge >= 0.3 is 0 Å². The summed E-state index contributed by atoms with van der Waals surface area (Å²) in [4.78, 5) is 12.8. The topological polar surface area (TPSA) is 71.8 Å². The average Bonchev–Trinajstić information content (AvgIpc) is 3.31. The molecule has 3 aromatic rings. The molecule has 0 fully saturated rings. The minimum Gasteiger partial charge on any atom is -0.472 e. The number of primary amides is 1. The Bertz CT molecular complexity index is 1210. The molecule has 0 aliphatic carbocycles. The number of amides is 1. The lowest BCUT2D eigenvalue weighted by molar-refractivity contribution is -0.123. The Kier molecular flexibility index (Phi) is 4.64. The molecule has 0 saturated heterocycles. The lowest BCUT2D eigenvalue weighted by atomic mass is 9.63. The van der Waals surface area contributed by atoms with Crippen LogP contribution in [0.25, 0.3) is 0 Å². The van der Waals surface area contributed by atoms with Gasteiger partial charge in [-0.05, 0) is 44.2 Å². The van der Waals surface area contributed by atoms with E-state index < -0.39 is 40.1 Å². The molecule has 9 heteroatoms. The molecule has 2 aromatic carbocycles. The van der Waals surface area contributed by atoms with Crippen LogP contribution in [0.3, 0.4) is 0 Å². The third-order valence-electron chi connectivity index (χ3n) is 5.97. The average molecular weight is 431 g/mol. The second-order valence-electron chi connectivity index (χ2n) is 7.55. The van der Waals surface area contributed by atoms with Gasteiger partial charge in [0.1, 0.15) is 17.5 Å². The molecule has 1 aromatic heterocycles. The van der Waals surface area contributed by atoms with Crippen LogP contribution in [0.1, 0.15) is 25.0 Å². The van der Waals surface area contributed by atoms with Gasteiger partial charge in [-0.2, -0.15) is 5.10 Å². The van der Waals surface area contributed by atoms with Gasteiger partial charge in [0.15, 0.2) is 11.4 Å². The van der Waals surface area contributed by atoms with Crippen LogP contribution in [0.15, 0.2) is 64.5 Å². The maximum atomic E-state index is 14.8. The normalized spacial score (nSPS) is 23.2. The molecule has 5 nitrogen and oxygen atoms in total. The van der Waals surface area contributed by atoms with E-state index in [0.29, 0.717) is 17.7 Å². The number of halogens is 4. The number of rotatable bonds is 4. The van der Waals surface area contributed by atoms with Gasteiger partial charge in [-0.15, -0.1) is 0 Å². The zero-order chi connectivity index (χ0) is 22.6. The molecule has 0 spiro atoms. The highest BCUT2D eigenvalue weighted by atomic mass is 19.1. The van der Waals surface area contributed by atoms with Crippen LogP contribution < -0.4 is 10.7 Å². The summed E-state index contributed by atoms with van der Waals surface area (Å²) in [6, 6.07) is 7.18. The summed E-state index contributed by atoms with van der Waals surface area (Å²) >= 11 is 0. The molecule has 160 valence electrons. The number of nitrogens with two attached hydrogens (primary N) is 1. The number of hydrazone groups is 1. The number of benzene rings is 2. The van der Waals surface area contributed by atoms with E-state index in [2.05, 4.69) is 5.10 Å². The predicted molar refractivity (Wildman–Crippen MR) is 105 cm³/mol. The van der Waals surface area contributed by atoms with Gasteiger partial charge in [0, 0.05) is 23.3 Å². The van der Waals surface area contributed by atoms with Gasteiger partial charge in [0.25, 0.3) is 0 Å². The maximum Gasteiger partial charge on any atom is 0.246 e. The predicted octanol–water partition coefficient (Wildman–Crippen LogP) is 4.26. The van der Waals surface area contributed by atoms with Crippen molar-refractivity contribution in [2.45, 2.75) is 24.8 Å². The zero-order valence-corrected chi connectivity index (χ0v) is 16.5. The van der Waals surface area contributed by atoms with Crippen molar-refractivity contribution in [2.75, 3.05) is 5.01 Å². The molecule has 0 bridgehead atoms.